The second-order valence-corrected chi connectivity index (χ2v) is 8.09. The van der Waals surface area contributed by atoms with E-state index in [4.69, 9.17) is 0 Å². The zero-order chi connectivity index (χ0) is 18.7. The van der Waals surface area contributed by atoms with Crippen LogP contribution in [0.2, 0.25) is 0 Å². The predicted octanol–water partition coefficient (Wildman–Crippen LogP) is -0.404. The molecule has 2 aromatic heterocycles. The highest BCUT2D eigenvalue weighted by atomic mass is 32.2. The van der Waals surface area contributed by atoms with Crippen LogP contribution in [0.1, 0.15) is 23.6 Å². The SMILES string of the molecule is CS(=O)(=O)NCc1cc(=O)n2c(n1)CN(C(=O)CCc1ccc[nH]1)CC2. The average molecular weight is 379 g/mol. The maximum atomic E-state index is 12.4. The molecule has 0 atom stereocenters. The summed E-state index contributed by atoms with van der Waals surface area (Å²) in [5, 5.41) is 0. The predicted molar refractivity (Wildman–Crippen MR) is 94.7 cm³/mol. The molecule has 9 nitrogen and oxygen atoms in total. The number of rotatable bonds is 6. The van der Waals surface area contributed by atoms with Crippen molar-refractivity contribution in [2.45, 2.75) is 32.5 Å². The normalized spacial score (nSPS) is 14.3. The Bertz CT molecular complexity index is 950. The van der Waals surface area contributed by atoms with Crippen molar-refractivity contribution < 1.29 is 13.2 Å². The standard InChI is InChI=1S/C16H21N5O4S/c1-26(24,25)18-10-13-9-16(23)21-8-7-20(11-14(21)19-13)15(22)5-4-12-3-2-6-17-12/h2-3,6,9,17-18H,4-5,7-8,10-11H2,1H3. The number of sulfonamides is 1. The summed E-state index contributed by atoms with van der Waals surface area (Å²) in [5.74, 6) is 0.474. The molecule has 2 N–H and O–H groups in total. The Hall–Kier alpha value is -2.46. The number of fused-ring (bicyclic) bond motifs is 1. The fourth-order valence-corrected chi connectivity index (χ4v) is 3.28. The van der Waals surface area contributed by atoms with E-state index in [0.717, 1.165) is 11.9 Å². The number of aryl methyl sites for hydroxylation is 1. The maximum absolute atomic E-state index is 12.4. The minimum Gasteiger partial charge on any atom is -0.365 e. The van der Waals surface area contributed by atoms with Crippen LogP contribution in [0.5, 0.6) is 0 Å². The molecule has 0 unspecified atom stereocenters. The number of nitrogens with one attached hydrogen (secondary N) is 2. The van der Waals surface area contributed by atoms with Gasteiger partial charge in [0.2, 0.25) is 15.9 Å². The van der Waals surface area contributed by atoms with Gasteiger partial charge in [0.05, 0.1) is 25.0 Å². The lowest BCUT2D eigenvalue weighted by atomic mass is 10.2. The van der Waals surface area contributed by atoms with Gasteiger partial charge in [0.1, 0.15) is 5.82 Å². The summed E-state index contributed by atoms with van der Waals surface area (Å²) in [6, 6.07) is 5.14. The molecule has 1 amide bonds. The molecule has 0 spiro atoms. The van der Waals surface area contributed by atoms with E-state index < -0.39 is 10.0 Å². The molecule has 0 aliphatic carbocycles. The molecule has 0 fully saturated rings. The average Bonchev–Trinajstić information content (AvgIpc) is 3.10. The van der Waals surface area contributed by atoms with E-state index in [-0.39, 0.29) is 24.6 Å². The van der Waals surface area contributed by atoms with Crippen LogP contribution < -0.4 is 10.3 Å². The van der Waals surface area contributed by atoms with Gasteiger partial charge in [0.15, 0.2) is 0 Å². The van der Waals surface area contributed by atoms with E-state index in [9.17, 15) is 18.0 Å². The number of amides is 1. The first kappa shape index (κ1) is 18.3. The van der Waals surface area contributed by atoms with Crippen LogP contribution >= 0.6 is 0 Å². The third-order valence-electron chi connectivity index (χ3n) is 4.20. The van der Waals surface area contributed by atoms with E-state index in [1.54, 1.807) is 4.90 Å². The van der Waals surface area contributed by atoms with Gasteiger partial charge in [0.25, 0.3) is 5.56 Å². The zero-order valence-electron chi connectivity index (χ0n) is 14.4. The highest BCUT2D eigenvalue weighted by Crippen LogP contribution is 2.11. The van der Waals surface area contributed by atoms with Crippen molar-refractivity contribution in [3.8, 4) is 0 Å². The minimum atomic E-state index is -3.38. The van der Waals surface area contributed by atoms with E-state index in [1.807, 2.05) is 18.3 Å². The molecule has 0 saturated carbocycles. The van der Waals surface area contributed by atoms with Gasteiger partial charge in [-0.1, -0.05) is 0 Å². The molecule has 1 aliphatic rings. The van der Waals surface area contributed by atoms with E-state index in [0.29, 0.717) is 37.4 Å². The fourth-order valence-electron chi connectivity index (χ4n) is 2.87. The zero-order valence-corrected chi connectivity index (χ0v) is 15.3. The smallest absolute Gasteiger partial charge is 0.253 e. The second-order valence-electron chi connectivity index (χ2n) is 6.26. The Labute approximate surface area is 151 Å². The van der Waals surface area contributed by atoms with Crippen LogP contribution in [0, 0.1) is 0 Å². The van der Waals surface area contributed by atoms with Crippen molar-refractivity contribution >= 4 is 15.9 Å². The van der Waals surface area contributed by atoms with Crippen LogP contribution in [0.4, 0.5) is 0 Å². The summed E-state index contributed by atoms with van der Waals surface area (Å²) >= 11 is 0. The molecule has 1 aliphatic heterocycles. The number of nitrogens with zero attached hydrogens (tertiary/aromatic N) is 3. The van der Waals surface area contributed by atoms with Crippen molar-refractivity contribution in [2.24, 2.45) is 0 Å². The molecule has 0 radical (unpaired) electrons. The van der Waals surface area contributed by atoms with Gasteiger partial charge in [-0.25, -0.2) is 18.1 Å². The van der Waals surface area contributed by atoms with Crippen molar-refractivity contribution in [2.75, 3.05) is 12.8 Å². The molecule has 0 bridgehead atoms. The van der Waals surface area contributed by atoms with Crippen molar-refractivity contribution in [3.63, 3.8) is 0 Å². The molecule has 3 heterocycles. The van der Waals surface area contributed by atoms with Crippen LogP contribution in [0.25, 0.3) is 0 Å². The number of hydrogen-bond acceptors (Lipinski definition) is 5. The molecular formula is C16H21N5O4S. The number of hydrogen-bond donors (Lipinski definition) is 2. The van der Waals surface area contributed by atoms with Gasteiger partial charge < -0.3 is 9.88 Å². The topological polar surface area (TPSA) is 117 Å². The molecule has 0 saturated heterocycles. The molecule has 2 aromatic rings. The van der Waals surface area contributed by atoms with Crippen molar-refractivity contribution in [1.82, 2.24) is 24.2 Å². The van der Waals surface area contributed by atoms with Gasteiger partial charge in [-0.2, -0.15) is 0 Å². The Morgan fingerprint density at radius 3 is 2.88 bits per heavy atom. The van der Waals surface area contributed by atoms with E-state index in [1.165, 1.54) is 10.6 Å². The van der Waals surface area contributed by atoms with Gasteiger partial charge >= 0.3 is 0 Å². The quantitative estimate of drug-likeness (QED) is 0.708. The molecule has 140 valence electrons. The van der Waals surface area contributed by atoms with Gasteiger partial charge in [-0.05, 0) is 18.6 Å². The highest BCUT2D eigenvalue weighted by Gasteiger charge is 2.22. The number of carbonyl (C=O) groups excluding carboxylic acids is 1. The monoisotopic (exact) mass is 379 g/mol. The number of aromatic nitrogens is 3. The number of H-pyrrole nitrogens is 1. The van der Waals surface area contributed by atoms with E-state index >= 15 is 0 Å². The third kappa shape index (κ3) is 4.58. The molecule has 3 rings (SSSR count). The summed E-state index contributed by atoms with van der Waals surface area (Å²) in [5.41, 5.74) is 1.10. The van der Waals surface area contributed by atoms with Gasteiger partial charge in [-0.3, -0.25) is 14.2 Å². The summed E-state index contributed by atoms with van der Waals surface area (Å²) < 4.78 is 26.3. The lowest BCUT2D eigenvalue weighted by Crippen LogP contribution is -2.43. The fraction of sp³-hybridized carbons (Fsp3) is 0.438. The second kappa shape index (κ2) is 7.42. The van der Waals surface area contributed by atoms with Crippen LogP contribution in [0.3, 0.4) is 0 Å². The lowest BCUT2D eigenvalue weighted by Gasteiger charge is -2.29. The summed E-state index contributed by atoms with van der Waals surface area (Å²) in [6.07, 6.45) is 3.86. The van der Waals surface area contributed by atoms with Gasteiger partial charge in [0, 0.05) is 37.5 Å². The Balaban J connectivity index is 1.69. The molecular weight excluding hydrogens is 358 g/mol. The Morgan fingerprint density at radius 1 is 1.38 bits per heavy atom. The van der Waals surface area contributed by atoms with Crippen molar-refractivity contribution in [1.29, 1.82) is 0 Å². The molecule has 10 heteroatoms. The van der Waals surface area contributed by atoms with Crippen LogP contribution in [0.15, 0.2) is 29.2 Å². The van der Waals surface area contributed by atoms with E-state index in [2.05, 4.69) is 14.7 Å². The Kier molecular flexibility index (Phi) is 5.23. The first-order valence-corrected chi connectivity index (χ1v) is 10.2. The lowest BCUT2D eigenvalue weighted by molar-refractivity contribution is -0.132. The van der Waals surface area contributed by atoms with Gasteiger partial charge in [-0.15, -0.1) is 0 Å². The molecule has 0 aromatic carbocycles. The Morgan fingerprint density at radius 2 is 2.19 bits per heavy atom. The largest absolute Gasteiger partial charge is 0.365 e. The highest BCUT2D eigenvalue weighted by molar-refractivity contribution is 7.88. The first-order chi connectivity index (χ1) is 12.3. The number of carbonyl (C=O) groups is 1. The number of aromatic amines is 1. The minimum absolute atomic E-state index is 0.000219. The summed E-state index contributed by atoms with van der Waals surface area (Å²) in [6.45, 7) is 1.03. The van der Waals surface area contributed by atoms with Crippen LogP contribution in [-0.4, -0.2) is 46.6 Å². The third-order valence-corrected chi connectivity index (χ3v) is 4.87. The maximum Gasteiger partial charge on any atom is 0.253 e. The first-order valence-electron chi connectivity index (χ1n) is 8.26. The summed E-state index contributed by atoms with van der Waals surface area (Å²) in [7, 11) is -3.38. The van der Waals surface area contributed by atoms with Crippen molar-refractivity contribution in [3.05, 3.63) is 52.0 Å². The molecule has 26 heavy (non-hydrogen) atoms. The summed E-state index contributed by atoms with van der Waals surface area (Å²) in [4.78, 5) is 33.7. The van der Waals surface area contributed by atoms with Crippen LogP contribution in [-0.2, 0) is 40.9 Å².